The molecule has 1 atom stereocenters. The van der Waals surface area contributed by atoms with Gasteiger partial charge in [-0.15, -0.1) is 11.3 Å². The van der Waals surface area contributed by atoms with Crippen LogP contribution in [0, 0.1) is 0 Å². The van der Waals surface area contributed by atoms with Gasteiger partial charge in [-0.3, -0.25) is 4.57 Å². The van der Waals surface area contributed by atoms with Gasteiger partial charge in [-0.05, 0) is 47.0 Å². The average molecular weight is 607 g/mol. The Labute approximate surface area is 261 Å². The topological polar surface area (TPSA) is 34.9 Å². The van der Waals surface area contributed by atoms with Gasteiger partial charge in [-0.25, -0.2) is 4.98 Å². The molecule has 5 aromatic carbocycles. The van der Waals surface area contributed by atoms with Gasteiger partial charge in [0, 0.05) is 36.6 Å². The molecule has 0 saturated carbocycles. The number of rotatable bonds is 4. The number of aromatic nitrogens is 2. The summed E-state index contributed by atoms with van der Waals surface area (Å²) in [5.41, 5.74) is 7.16. The molecule has 0 amide bonds. The van der Waals surface area contributed by atoms with Crippen LogP contribution in [-0.2, 0) is 9.98 Å². The van der Waals surface area contributed by atoms with Gasteiger partial charge in [0.25, 0.3) is 0 Å². The number of thiophene rings is 1. The Hall–Kier alpha value is -4.50. The fourth-order valence-electron chi connectivity index (χ4n) is 6.42. The Bertz CT molecular complexity index is 2220. The van der Waals surface area contributed by atoms with Gasteiger partial charge in [-0.1, -0.05) is 124 Å². The summed E-state index contributed by atoms with van der Waals surface area (Å²) < 4.78 is 17.7. The number of benzene rings is 5. The molecule has 0 aliphatic carbocycles. The van der Waals surface area contributed by atoms with Crippen LogP contribution in [0.4, 0.5) is 0 Å². The molecule has 3 heterocycles. The minimum Gasteiger partial charge on any atom is -0.308 e. The normalized spacial score (nSPS) is 15.8. The average Bonchev–Trinajstić information content (AvgIpc) is 3.72. The highest BCUT2D eigenvalue weighted by Crippen LogP contribution is 2.51. The van der Waals surface area contributed by atoms with Crippen molar-refractivity contribution in [1.29, 1.82) is 0 Å². The fraction of sp³-hybridized carbons (Fsp3) is 0.103. The Morgan fingerprint density at radius 1 is 0.614 bits per heavy atom. The lowest BCUT2D eigenvalue weighted by molar-refractivity contribution is 0.539. The van der Waals surface area contributed by atoms with Gasteiger partial charge in [-0.2, -0.15) is 0 Å². The second-order valence-corrected chi connectivity index (χ2v) is 16.2. The first kappa shape index (κ1) is 27.1. The highest BCUT2D eigenvalue weighted by molar-refractivity contribution is 7.86. The maximum absolute atomic E-state index is 15.4. The highest BCUT2D eigenvalue weighted by Gasteiger charge is 2.41. The molecule has 0 N–H and O–H groups in total. The van der Waals surface area contributed by atoms with Crippen molar-refractivity contribution in [2.24, 2.45) is 0 Å². The van der Waals surface area contributed by atoms with Crippen LogP contribution >= 0.6 is 18.5 Å². The van der Waals surface area contributed by atoms with Crippen LogP contribution in [0.5, 0.6) is 0 Å². The zero-order valence-corrected chi connectivity index (χ0v) is 26.6. The predicted octanol–water partition coefficient (Wildman–Crippen LogP) is 9.34. The van der Waals surface area contributed by atoms with Crippen molar-refractivity contribution in [2.45, 2.75) is 26.2 Å². The maximum atomic E-state index is 15.4. The fourth-order valence-corrected chi connectivity index (χ4v) is 10.4. The molecule has 214 valence electrons. The Morgan fingerprint density at radius 3 is 1.89 bits per heavy atom. The van der Waals surface area contributed by atoms with Crippen LogP contribution in [0.25, 0.3) is 48.7 Å². The number of para-hydroxylation sites is 1. The lowest BCUT2D eigenvalue weighted by Crippen LogP contribution is -2.34. The van der Waals surface area contributed by atoms with Crippen molar-refractivity contribution < 1.29 is 4.57 Å². The number of imidazole rings is 1. The molecule has 1 aliphatic rings. The van der Waals surface area contributed by atoms with E-state index in [0.717, 1.165) is 49.6 Å². The summed E-state index contributed by atoms with van der Waals surface area (Å²) in [5.74, 6) is 0.969. The predicted molar refractivity (Wildman–Crippen MR) is 187 cm³/mol. The number of nitrogens with zero attached hydrogens (tertiary/aromatic N) is 2. The minimum atomic E-state index is -3.14. The largest absolute Gasteiger partial charge is 0.308 e. The van der Waals surface area contributed by atoms with Gasteiger partial charge in [0.15, 0.2) is 7.14 Å². The smallest absolute Gasteiger partial charge is 0.175 e. The molecule has 8 rings (SSSR count). The zero-order valence-electron chi connectivity index (χ0n) is 24.9. The second-order valence-electron chi connectivity index (χ2n) is 12.4. The van der Waals surface area contributed by atoms with Crippen LogP contribution in [0.1, 0.15) is 26.6 Å². The number of fused-ring (bicyclic) bond motifs is 2. The molecule has 44 heavy (non-hydrogen) atoms. The summed E-state index contributed by atoms with van der Waals surface area (Å²) in [6.07, 6.45) is 0. The Morgan fingerprint density at radius 2 is 1.20 bits per heavy atom. The van der Waals surface area contributed by atoms with E-state index in [2.05, 4.69) is 110 Å². The van der Waals surface area contributed by atoms with E-state index in [1.165, 1.54) is 20.9 Å². The van der Waals surface area contributed by atoms with Crippen LogP contribution in [0.15, 0.2) is 133 Å². The van der Waals surface area contributed by atoms with Crippen molar-refractivity contribution in [1.82, 2.24) is 9.55 Å². The van der Waals surface area contributed by atoms with Crippen molar-refractivity contribution in [3.63, 3.8) is 0 Å². The Balaban J connectivity index is 1.31. The van der Waals surface area contributed by atoms with Gasteiger partial charge < -0.3 is 4.57 Å². The van der Waals surface area contributed by atoms with Crippen molar-refractivity contribution in [3.8, 4) is 37.7 Å². The summed E-state index contributed by atoms with van der Waals surface area (Å²) in [4.78, 5) is 7.86. The Kier molecular flexibility index (Phi) is 6.17. The maximum Gasteiger partial charge on any atom is 0.175 e. The van der Waals surface area contributed by atoms with Gasteiger partial charge in [0.05, 0.1) is 16.7 Å². The molecule has 0 fully saturated rings. The van der Waals surface area contributed by atoms with E-state index in [1.807, 2.05) is 59.9 Å². The van der Waals surface area contributed by atoms with Crippen LogP contribution in [0.3, 0.4) is 0 Å². The third kappa shape index (κ3) is 4.09. The van der Waals surface area contributed by atoms with Crippen LogP contribution < -0.4 is 15.9 Å². The SMILES string of the molecule is CC(C)(C)c1nc2c(-c3ccc(-c4ccc(-c5ccccc5)s4)cc3)ccc3c2n1-c1ccccc1P3(=O)c1ccccc1. The molecule has 0 bridgehead atoms. The van der Waals surface area contributed by atoms with Crippen LogP contribution in [-0.4, -0.2) is 9.55 Å². The van der Waals surface area contributed by atoms with Gasteiger partial charge in [0.2, 0.25) is 0 Å². The molecule has 0 radical (unpaired) electrons. The molecule has 0 saturated heterocycles. The molecule has 7 aromatic rings. The molecule has 5 heteroatoms. The summed E-state index contributed by atoms with van der Waals surface area (Å²) in [6.45, 7) is 6.60. The van der Waals surface area contributed by atoms with E-state index in [0.29, 0.717) is 0 Å². The van der Waals surface area contributed by atoms with E-state index in [-0.39, 0.29) is 5.41 Å². The first-order chi connectivity index (χ1) is 21.3. The van der Waals surface area contributed by atoms with E-state index in [9.17, 15) is 0 Å². The van der Waals surface area contributed by atoms with E-state index in [4.69, 9.17) is 4.98 Å². The molecule has 1 unspecified atom stereocenters. The minimum absolute atomic E-state index is 0.228. The first-order valence-corrected chi connectivity index (χ1v) is 17.4. The lowest BCUT2D eigenvalue weighted by atomic mass is 9.95. The number of hydrogen-bond acceptors (Lipinski definition) is 3. The monoisotopic (exact) mass is 606 g/mol. The standard InChI is InChI=1S/C39H31N2OPS/c1-39(2,3)38-40-36-30(26-18-20-28(21-19-26)35-25-24-34(44-35)27-12-6-4-7-13-27)22-23-33-37(36)41(38)31-16-10-11-17-32(31)43(33,42)29-14-8-5-9-15-29/h4-25H,1-3H3. The third-order valence-electron chi connectivity index (χ3n) is 8.52. The molecule has 2 aromatic heterocycles. The van der Waals surface area contributed by atoms with E-state index in [1.54, 1.807) is 0 Å². The third-order valence-corrected chi connectivity index (χ3v) is 12.8. The highest BCUT2D eigenvalue weighted by atomic mass is 32.1. The first-order valence-electron chi connectivity index (χ1n) is 14.9. The summed E-state index contributed by atoms with van der Waals surface area (Å²) in [5, 5.41) is 2.57. The van der Waals surface area contributed by atoms with Gasteiger partial charge >= 0.3 is 0 Å². The summed E-state index contributed by atoms with van der Waals surface area (Å²) >= 11 is 1.81. The van der Waals surface area contributed by atoms with Gasteiger partial charge in [0.1, 0.15) is 5.82 Å². The summed E-state index contributed by atoms with van der Waals surface area (Å²) in [6, 6.07) is 46.0. The molecule has 0 spiro atoms. The van der Waals surface area contributed by atoms with Crippen molar-refractivity contribution in [2.75, 3.05) is 0 Å². The van der Waals surface area contributed by atoms with E-state index >= 15 is 4.57 Å². The zero-order chi connectivity index (χ0) is 30.1. The van der Waals surface area contributed by atoms with E-state index < -0.39 is 7.14 Å². The van der Waals surface area contributed by atoms with Crippen molar-refractivity contribution >= 4 is 45.4 Å². The van der Waals surface area contributed by atoms with Crippen LogP contribution in [0.2, 0.25) is 0 Å². The van der Waals surface area contributed by atoms with Crippen molar-refractivity contribution in [3.05, 3.63) is 139 Å². The summed E-state index contributed by atoms with van der Waals surface area (Å²) in [7, 11) is -3.14. The molecule has 3 nitrogen and oxygen atoms in total. The molecular formula is C39H31N2OPS. The molecular weight excluding hydrogens is 575 g/mol. The second kappa shape index (κ2) is 10.0. The quantitative estimate of drug-likeness (QED) is 0.187. The lowest BCUT2D eigenvalue weighted by Gasteiger charge is -2.31. The molecule has 1 aliphatic heterocycles. The number of hydrogen-bond donors (Lipinski definition) is 0.